The minimum Gasteiger partial charge on any atom is -0.399 e. The van der Waals surface area contributed by atoms with E-state index < -0.39 is 0 Å². The summed E-state index contributed by atoms with van der Waals surface area (Å²) in [6.07, 6.45) is 1.46. The molecule has 1 aromatic heterocycles. The van der Waals surface area contributed by atoms with E-state index in [1.165, 1.54) is 12.3 Å². The number of rotatable bonds is 3. The number of aromatic nitrogens is 1. The first kappa shape index (κ1) is 14.6. The van der Waals surface area contributed by atoms with Gasteiger partial charge in [0.2, 0.25) is 5.56 Å². The summed E-state index contributed by atoms with van der Waals surface area (Å²) >= 11 is 0. The zero-order valence-corrected chi connectivity index (χ0v) is 12.3. The van der Waals surface area contributed by atoms with E-state index in [1.54, 1.807) is 35.2 Å². The number of benzene rings is 2. The van der Waals surface area contributed by atoms with Gasteiger partial charge in [-0.05, 0) is 42.5 Å². The Kier molecular flexibility index (Phi) is 3.93. The van der Waals surface area contributed by atoms with Gasteiger partial charge in [-0.2, -0.15) is 0 Å². The van der Waals surface area contributed by atoms with Gasteiger partial charge < -0.3 is 10.7 Å². The summed E-state index contributed by atoms with van der Waals surface area (Å²) in [5.74, 6) is -0.285. The molecule has 0 spiro atoms. The normalized spacial score (nSPS) is 10.3. The van der Waals surface area contributed by atoms with Crippen LogP contribution in [-0.2, 0) is 0 Å². The van der Waals surface area contributed by atoms with E-state index in [2.05, 4.69) is 4.98 Å². The number of carbonyl (C=O) groups is 1. The Hall–Kier alpha value is -3.34. The predicted molar refractivity (Wildman–Crippen MR) is 90.8 cm³/mol. The molecule has 0 aliphatic carbocycles. The van der Waals surface area contributed by atoms with E-state index in [4.69, 9.17) is 5.73 Å². The van der Waals surface area contributed by atoms with Crippen molar-refractivity contribution in [3.05, 3.63) is 88.8 Å². The first-order valence-corrected chi connectivity index (χ1v) is 7.09. The summed E-state index contributed by atoms with van der Waals surface area (Å²) in [6, 6.07) is 19.1. The number of amides is 1. The van der Waals surface area contributed by atoms with Gasteiger partial charge >= 0.3 is 0 Å². The monoisotopic (exact) mass is 305 g/mol. The fraction of sp³-hybridized carbons (Fsp3) is 0. The molecule has 0 unspecified atom stereocenters. The second-order valence-corrected chi connectivity index (χ2v) is 5.01. The maximum atomic E-state index is 12.9. The Labute approximate surface area is 133 Å². The van der Waals surface area contributed by atoms with Crippen LogP contribution in [0.1, 0.15) is 10.4 Å². The van der Waals surface area contributed by atoms with E-state index in [1.807, 2.05) is 30.3 Å². The van der Waals surface area contributed by atoms with Gasteiger partial charge in [-0.15, -0.1) is 0 Å². The van der Waals surface area contributed by atoms with Crippen molar-refractivity contribution in [1.82, 2.24) is 4.98 Å². The van der Waals surface area contributed by atoms with Gasteiger partial charge in [-0.1, -0.05) is 18.2 Å². The van der Waals surface area contributed by atoms with Gasteiger partial charge in [0.1, 0.15) is 0 Å². The van der Waals surface area contributed by atoms with Crippen molar-refractivity contribution in [2.75, 3.05) is 10.6 Å². The summed E-state index contributed by atoms with van der Waals surface area (Å²) in [6.45, 7) is 0. The van der Waals surface area contributed by atoms with Gasteiger partial charge in [-0.25, -0.2) is 0 Å². The number of nitrogens with one attached hydrogen (secondary N) is 1. The second-order valence-electron chi connectivity index (χ2n) is 5.01. The summed E-state index contributed by atoms with van der Waals surface area (Å²) in [5.41, 5.74) is 7.72. The van der Waals surface area contributed by atoms with Crippen LogP contribution in [0.3, 0.4) is 0 Å². The molecule has 0 saturated heterocycles. The molecular weight excluding hydrogens is 290 g/mol. The van der Waals surface area contributed by atoms with Gasteiger partial charge in [0, 0.05) is 34.9 Å². The second kappa shape index (κ2) is 6.19. The minimum atomic E-state index is -0.318. The molecule has 0 radical (unpaired) electrons. The third-order valence-electron chi connectivity index (χ3n) is 3.39. The van der Waals surface area contributed by atoms with Crippen LogP contribution in [0.15, 0.2) is 77.7 Å². The minimum absolute atomic E-state index is 0.285. The van der Waals surface area contributed by atoms with Gasteiger partial charge in [0.05, 0.1) is 0 Å². The van der Waals surface area contributed by atoms with Crippen LogP contribution in [0.25, 0.3) is 0 Å². The maximum absolute atomic E-state index is 12.9. The van der Waals surface area contributed by atoms with Crippen LogP contribution in [0, 0.1) is 0 Å². The van der Waals surface area contributed by atoms with Crippen LogP contribution in [-0.4, -0.2) is 10.9 Å². The molecule has 0 atom stereocenters. The largest absolute Gasteiger partial charge is 0.399 e. The van der Waals surface area contributed by atoms with Crippen molar-refractivity contribution in [3.63, 3.8) is 0 Å². The molecule has 0 aliphatic rings. The average molecular weight is 305 g/mol. The van der Waals surface area contributed by atoms with Crippen molar-refractivity contribution in [1.29, 1.82) is 0 Å². The van der Waals surface area contributed by atoms with Crippen molar-refractivity contribution in [2.24, 2.45) is 0 Å². The number of para-hydroxylation sites is 1. The molecule has 0 saturated carbocycles. The molecule has 1 amide bonds. The fourth-order valence-corrected chi connectivity index (χ4v) is 2.29. The highest BCUT2D eigenvalue weighted by atomic mass is 16.2. The number of nitrogens with two attached hydrogens (primary N) is 1. The molecule has 3 N–H and O–H groups in total. The van der Waals surface area contributed by atoms with Crippen molar-refractivity contribution < 1.29 is 4.79 Å². The van der Waals surface area contributed by atoms with Crippen LogP contribution < -0.4 is 16.2 Å². The lowest BCUT2D eigenvalue weighted by Crippen LogP contribution is -2.27. The number of hydrogen-bond donors (Lipinski definition) is 2. The Bertz CT molecular complexity index is 871. The number of carbonyl (C=O) groups excluding carboxylic acids is 1. The van der Waals surface area contributed by atoms with E-state index in [0.717, 1.165) is 0 Å². The average Bonchev–Trinajstić information content (AvgIpc) is 2.58. The summed E-state index contributed by atoms with van der Waals surface area (Å²) in [5, 5.41) is 0. The number of hydrogen-bond acceptors (Lipinski definition) is 3. The topological polar surface area (TPSA) is 79.2 Å². The zero-order chi connectivity index (χ0) is 16.2. The van der Waals surface area contributed by atoms with E-state index in [9.17, 15) is 9.59 Å². The third kappa shape index (κ3) is 3.13. The van der Waals surface area contributed by atoms with Crippen molar-refractivity contribution >= 4 is 23.0 Å². The van der Waals surface area contributed by atoms with E-state index in [0.29, 0.717) is 22.6 Å². The molecule has 23 heavy (non-hydrogen) atoms. The Morgan fingerprint density at radius 2 is 1.57 bits per heavy atom. The number of nitrogen functional groups attached to an aromatic ring is 1. The van der Waals surface area contributed by atoms with Gasteiger partial charge in [0.25, 0.3) is 5.91 Å². The smallest absolute Gasteiger partial charge is 0.263 e. The predicted octanol–water partition coefficient (Wildman–Crippen LogP) is 2.94. The summed E-state index contributed by atoms with van der Waals surface area (Å²) in [4.78, 5) is 28.5. The van der Waals surface area contributed by atoms with Gasteiger partial charge in [-0.3, -0.25) is 14.5 Å². The molecule has 3 rings (SSSR count). The highest BCUT2D eigenvalue weighted by Gasteiger charge is 2.19. The highest BCUT2D eigenvalue weighted by molar-refractivity contribution is 6.10. The molecule has 114 valence electrons. The van der Waals surface area contributed by atoms with Crippen LogP contribution in [0.2, 0.25) is 0 Å². The van der Waals surface area contributed by atoms with Crippen molar-refractivity contribution in [3.8, 4) is 0 Å². The molecule has 0 aliphatic heterocycles. The van der Waals surface area contributed by atoms with Crippen LogP contribution in [0.4, 0.5) is 17.1 Å². The molecule has 5 heteroatoms. The third-order valence-corrected chi connectivity index (χ3v) is 3.39. The summed E-state index contributed by atoms with van der Waals surface area (Å²) in [7, 11) is 0. The lowest BCUT2D eigenvalue weighted by molar-refractivity contribution is 0.0999. The molecule has 5 nitrogen and oxygen atoms in total. The highest BCUT2D eigenvalue weighted by Crippen LogP contribution is 2.27. The number of H-pyrrole nitrogens is 1. The first-order chi connectivity index (χ1) is 11.1. The molecule has 0 bridgehead atoms. The number of anilines is 3. The molecule has 1 heterocycles. The van der Waals surface area contributed by atoms with Crippen LogP contribution >= 0.6 is 0 Å². The number of nitrogens with zero attached hydrogens (tertiary/aromatic N) is 1. The maximum Gasteiger partial charge on any atom is 0.263 e. The first-order valence-electron chi connectivity index (χ1n) is 7.09. The Morgan fingerprint density at radius 3 is 2.22 bits per heavy atom. The number of aromatic amines is 1. The number of pyridine rings is 1. The summed E-state index contributed by atoms with van der Waals surface area (Å²) < 4.78 is 0. The van der Waals surface area contributed by atoms with Gasteiger partial charge in [0.15, 0.2) is 0 Å². The standard InChI is InChI=1S/C18H15N3O2/c19-14-6-8-16(9-7-14)21(15-4-2-1-3-5-15)18(23)13-10-11-20-17(22)12-13/h1-12H,19H2,(H,20,22). The van der Waals surface area contributed by atoms with E-state index >= 15 is 0 Å². The molecule has 3 aromatic rings. The lowest BCUT2D eigenvalue weighted by atomic mass is 10.1. The van der Waals surface area contributed by atoms with Crippen molar-refractivity contribution in [2.45, 2.75) is 0 Å². The Morgan fingerprint density at radius 1 is 0.913 bits per heavy atom. The quantitative estimate of drug-likeness (QED) is 0.730. The lowest BCUT2D eigenvalue weighted by Gasteiger charge is -2.23. The molecule has 0 fully saturated rings. The molecule has 2 aromatic carbocycles. The van der Waals surface area contributed by atoms with Crippen LogP contribution in [0.5, 0.6) is 0 Å². The molecular formula is C18H15N3O2. The Balaban J connectivity index is 2.10. The fourth-order valence-electron chi connectivity index (χ4n) is 2.29. The SMILES string of the molecule is Nc1ccc(N(C(=O)c2cc[nH]c(=O)c2)c2ccccc2)cc1. The van der Waals surface area contributed by atoms with E-state index in [-0.39, 0.29) is 11.5 Å². The zero-order valence-electron chi connectivity index (χ0n) is 12.3.